The Morgan fingerprint density at radius 1 is 1.11 bits per heavy atom. The summed E-state index contributed by atoms with van der Waals surface area (Å²) in [6.07, 6.45) is 0. The molecule has 1 heterocycles. The molecule has 0 saturated heterocycles. The standard InChI is InChI=1S/C15H14ClN3/c1-19-14-11(16)8-5-9-12(14)18-15(19)13(17)10-6-3-2-4-7-10/h2-9,13H,17H2,1H3. The average Bonchev–Trinajstić information content (AvgIpc) is 2.78. The van der Waals surface area contributed by atoms with Gasteiger partial charge in [-0.15, -0.1) is 0 Å². The van der Waals surface area contributed by atoms with Gasteiger partial charge in [0.15, 0.2) is 0 Å². The first-order valence-electron chi connectivity index (χ1n) is 6.10. The summed E-state index contributed by atoms with van der Waals surface area (Å²) in [7, 11) is 1.94. The van der Waals surface area contributed by atoms with E-state index in [2.05, 4.69) is 4.98 Å². The third kappa shape index (κ3) is 2.01. The van der Waals surface area contributed by atoms with Gasteiger partial charge in [-0.2, -0.15) is 0 Å². The lowest BCUT2D eigenvalue weighted by atomic mass is 10.1. The summed E-state index contributed by atoms with van der Waals surface area (Å²) in [4.78, 5) is 4.60. The highest BCUT2D eigenvalue weighted by molar-refractivity contribution is 6.35. The molecule has 1 unspecified atom stereocenters. The number of nitrogens with two attached hydrogens (primary N) is 1. The number of benzene rings is 2. The SMILES string of the molecule is Cn1c(C(N)c2ccccc2)nc2cccc(Cl)c21. The second-order valence-electron chi connectivity index (χ2n) is 4.52. The molecule has 0 fully saturated rings. The Balaban J connectivity index is 2.16. The van der Waals surface area contributed by atoms with Crippen LogP contribution in [0.25, 0.3) is 11.0 Å². The van der Waals surface area contributed by atoms with E-state index in [0.717, 1.165) is 22.4 Å². The van der Waals surface area contributed by atoms with Gasteiger partial charge in [0.1, 0.15) is 5.82 Å². The fourth-order valence-electron chi connectivity index (χ4n) is 2.33. The van der Waals surface area contributed by atoms with Gasteiger partial charge in [-0.3, -0.25) is 0 Å². The normalized spacial score (nSPS) is 12.8. The van der Waals surface area contributed by atoms with E-state index >= 15 is 0 Å². The Hall–Kier alpha value is -1.84. The van der Waals surface area contributed by atoms with Crippen molar-refractivity contribution in [2.24, 2.45) is 12.8 Å². The van der Waals surface area contributed by atoms with Crippen molar-refractivity contribution in [2.75, 3.05) is 0 Å². The van der Waals surface area contributed by atoms with Gasteiger partial charge in [-0.05, 0) is 17.7 Å². The molecule has 0 radical (unpaired) electrons. The zero-order valence-electron chi connectivity index (χ0n) is 10.5. The number of fused-ring (bicyclic) bond motifs is 1. The first-order valence-corrected chi connectivity index (χ1v) is 6.47. The molecule has 0 aliphatic heterocycles. The minimum absolute atomic E-state index is 0.255. The van der Waals surface area contributed by atoms with E-state index in [1.807, 2.05) is 60.1 Å². The van der Waals surface area contributed by atoms with Crippen molar-refractivity contribution in [3.05, 3.63) is 64.9 Å². The Bertz CT molecular complexity index is 719. The summed E-state index contributed by atoms with van der Waals surface area (Å²) in [5, 5.41) is 0.694. The lowest BCUT2D eigenvalue weighted by molar-refractivity contribution is 0.728. The van der Waals surface area contributed by atoms with Crippen LogP contribution in [0.1, 0.15) is 17.4 Å². The zero-order valence-corrected chi connectivity index (χ0v) is 11.3. The maximum atomic E-state index is 6.30. The van der Waals surface area contributed by atoms with Crippen molar-refractivity contribution >= 4 is 22.6 Å². The third-order valence-corrected chi connectivity index (χ3v) is 3.62. The molecule has 96 valence electrons. The highest BCUT2D eigenvalue weighted by Gasteiger charge is 2.17. The molecule has 2 N–H and O–H groups in total. The van der Waals surface area contributed by atoms with Gasteiger partial charge >= 0.3 is 0 Å². The van der Waals surface area contributed by atoms with Crippen molar-refractivity contribution in [1.82, 2.24) is 9.55 Å². The number of hydrogen-bond acceptors (Lipinski definition) is 2. The molecule has 0 saturated carbocycles. The van der Waals surface area contributed by atoms with Crippen LogP contribution in [0.4, 0.5) is 0 Å². The van der Waals surface area contributed by atoms with E-state index in [9.17, 15) is 0 Å². The molecule has 0 bridgehead atoms. The van der Waals surface area contributed by atoms with Crippen LogP contribution >= 0.6 is 11.6 Å². The van der Waals surface area contributed by atoms with Crippen LogP contribution in [-0.4, -0.2) is 9.55 Å². The molecule has 3 rings (SSSR count). The van der Waals surface area contributed by atoms with Gasteiger partial charge in [0.05, 0.1) is 22.1 Å². The quantitative estimate of drug-likeness (QED) is 0.777. The van der Waals surface area contributed by atoms with E-state index in [-0.39, 0.29) is 6.04 Å². The first kappa shape index (κ1) is 12.2. The molecular weight excluding hydrogens is 258 g/mol. The minimum atomic E-state index is -0.255. The summed E-state index contributed by atoms with van der Waals surface area (Å²) < 4.78 is 1.97. The molecule has 1 atom stereocenters. The van der Waals surface area contributed by atoms with Crippen LogP contribution in [0.15, 0.2) is 48.5 Å². The van der Waals surface area contributed by atoms with Gasteiger partial charge in [-0.25, -0.2) is 4.98 Å². The van der Waals surface area contributed by atoms with Crippen molar-refractivity contribution in [3.8, 4) is 0 Å². The van der Waals surface area contributed by atoms with Crippen molar-refractivity contribution < 1.29 is 0 Å². The summed E-state index contributed by atoms with van der Waals surface area (Å²) in [6, 6.07) is 15.4. The fourth-order valence-corrected chi connectivity index (χ4v) is 2.62. The number of para-hydroxylation sites is 1. The Morgan fingerprint density at radius 3 is 2.53 bits per heavy atom. The number of imidazole rings is 1. The Labute approximate surface area is 116 Å². The molecule has 19 heavy (non-hydrogen) atoms. The number of aryl methyl sites for hydroxylation is 1. The fraction of sp³-hybridized carbons (Fsp3) is 0.133. The zero-order chi connectivity index (χ0) is 13.4. The predicted octanol–water partition coefficient (Wildman–Crippen LogP) is 3.27. The molecule has 4 heteroatoms. The maximum absolute atomic E-state index is 6.30. The number of hydrogen-bond donors (Lipinski definition) is 1. The predicted molar refractivity (Wildman–Crippen MR) is 78.2 cm³/mol. The van der Waals surface area contributed by atoms with Gasteiger partial charge in [0.25, 0.3) is 0 Å². The first-order chi connectivity index (χ1) is 9.18. The Kier molecular flexibility index (Phi) is 3.01. The van der Waals surface area contributed by atoms with Crippen molar-refractivity contribution in [2.45, 2.75) is 6.04 Å². The summed E-state index contributed by atoms with van der Waals surface area (Å²) in [5.74, 6) is 0.814. The average molecular weight is 272 g/mol. The van der Waals surface area contributed by atoms with E-state index in [0.29, 0.717) is 5.02 Å². The second-order valence-corrected chi connectivity index (χ2v) is 4.93. The number of nitrogens with zero attached hydrogens (tertiary/aromatic N) is 2. The highest BCUT2D eigenvalue weighted by atomic mass is 35.5. The molecule has 0 aliphatic carbocycles. The molecule has 3 nitrogen and oxygen atoms in total. The maximum Gasteiger partial charge on any atom is 0.131 e. The molecule has 0 amide bonds. The minimum Gasteiger partial charge on any atom is -0.328 e. The molecule has 0 spiro atoms. The lowest BCUT2D eigenvalue weighted by Crippen LogP contribution is -2.16. The summed E-state index contributed by atoms with van der Waals surface area (Å²) in [5.41, 5.74) is 9.14. The third-order valence-electron chi connectivity index (χ3n) is 3.32. The van der Waals surface area contributed by atoms with Crippen molar-refractivity contribution in [3.63, 3.8) is 0 Å². The second kappa shape index (κ2) is 4.68. The number of aromatic nitrogens is 2. The topological polar surface area (TPSA) is 43.8 Å². The molecule has 0 aliphatic rings. The monoisotopic (exact) mass is 271 g/mol. The van der Waals surface area contributed by atoms with Gasteiger partial charge in [0.2, 0.25) is 0 Å². The van der Waals surface area contributed by atoms with E-state index in [1.54, 1.807) is 0 Å². The Morgan fingerprint density at radius 2 is 1.84 bits per heavy atom. The van der Waals surface area contributed by atoms with Crippen LogP contribution in [0.3, 0.4) is 0 Å². The largest absolute Gasteiger partial charge is 0.328 e. The van der Waals surface area contributed by atoms with Gasteiger partial charge < -0.3 is 10.3 Å². The number of rotatable bonds is 2. The smallest absolute Gasteiger partial charge is 0.131 e. The lowest BCUT2D eigenvalue weighted by Gasteiger charge is -2.12. The molecule has 3 aromatic rings. The van der Waals surface area contributed by atoms with E-state index < -0.39 is 0 Å². The van der Waals surface area contributed by atoms with Crippen LogP contribution in [0, 0.1) is 0 Å². The van der Waals surface area contributed by atoms with Crippen LogP contribution in [-0.2, 0) is 7.05 Å². The molecular formula is C15H14ClN3. The highest BCUT2D eigenvalue weighted by Crippen LogP contribution is 2.27. The molecule has 2 aromatic carbocycles. The summed E-state index contributed by atoms with van der Waals surface area (Å²) in [6.45, 7) is 0. The van der Waals surface area contributed by atoms with Gasteiger partial charge in [-0.1, -0.05) is 48.0 Å². The number of halogens is 1. The van der Waals surface area contributed by atoms with Crippen LogP contribution < -0.4 is 5.73 Å². The van der Waals surface area contributed by atoms with Crippen molar-refractivity contribution in [1.29, 1.82) is 0 Å². The van der Waals surface area contributed by atoms with E-state index in [4.69, 9.17) is 17.3 Å². The summed E-state index contributed by atoms with van der Waals surface area (Å²) >= 11 is 6.22. The molecule has 1 aromatic heterocycles. The van der Waals surface area contributed by atoms with Crippen LogP contribution in [0.5, 0.6) is 0 Å². The van der Waals surface area contributed by atoms with Crippen LogP contribution in [0.2, 0.25) is 5.02 Å². The van der Waals surface area contributed by atoms with E-state index in [1.165, 1.54) is 0 Å². The van der Waals surface area contributed by atoms with Gasteiger partial charge in [0, 0.05) is 7.05 Å².